The minimum atomic E-state index is -0.250. The number of anilines is 3. The van der Waals surface area contributed by atoms with E-state index in [4.69, 9.17) is 4.74 Å². The molecule has 1 aliphatic rings. The number of piperazine rings is 1. The second-order valence-corrected chi connectivity index (χ2v) is 9.39. The number of carbonyl (C=O) groups excluding carboxylic acids is 2. The Morgan fingerprint density at radius 1 is 0.921 bits per heavy atom. The van der Waals surface area contributed by atoms with Crippen LogP contribution in [0.1, 0.15) is 36.2 Å². The fraction of sp³-hybridized carbons (Fsp3) is 0.290. The molecule has 0 aliphatic carbocycles. The van der Waals surface area contributed by atoms with Crippen molar-refractivity contribution in [3.05, 3.63) is 90.0 Å². The molecule has 1 fully saturated rings. The van der Waals surface area contributed by atoms with Crippen molar-refractivity contribution in [3.63, 3.8) is 0 Å². The zero-order valence-corrected chi connectivity index (χ0v) is 22.3. The summed E-state index contributed by atoms with van der Waals surface area (Å²) in [6.45, 7) is 7.15. The molecular formula is C31H36N4O3. The van der Waals surface area contributed by atoms with Crippen molar-refractivity contribution in [1.82, 2.24) is 5.32 Å². The molecule has 0 bridgehead atoms. The Hall–Kier alpha value is -4.26. The van der Waals surface area contributed by atoms with Gasteiger partial charge in [0.15, 0.2) is 0 Å². The summed E-state index contributed by atoms with van der Waals surface area (Å²) < 4.78 is 5.55. The fourth-order valence-corrected chi connectivity index (χ4v) is 4.47. The second kappa shape index (κ2) is 12.8. The molecule has 0 unspecified atom stereocenters. The topological polar surface area (TPSA) is 73.9 Å². The van der Waals surface area contributed by atoms with Crippen molar-refractivity contribution < 1.29 is 14.3 Å². The first kappa shape index (κ1) is 26.8. The van der Waals surface area contributed by atoms with Crippen molar-refractivity contribution in [2.45, 2.75) is 26.3 Å². The Morgan fingerprint density at radius 3 is 2.26 bits per heavy atom. The van der Waals surface area contributed by atoms with Gasteiger partial charge in [-0.15, -0.1) is 0 Å². The van der Waals surface area contributed by atoms with E-state index in [2.05, 4.69) is 26.5 Å². The third-order valence-electron chi connectivity index (χ3n) is 6.77. The van der Waals surface area contributed by atoms with Crippen LogP contribution in [0, 0.1) is 0 Å². The molecule has 2 amide bonds. The van der Waals surface area contributed by atoms with Gasteiger partial charge in [0.25, 0.3) is 5.91 Å². The van der Waals surface area contributed by atoms with Crippen LogP contribution in [0.4, 0.5) is 17.1 Å². The molecule has 198 valence electrons. The third kappa shape index (κ3) is 6.73. The van der Waals surface area contributed by atoms with E-state index in [1.807, 2.05) is 74.5 Å². The summed E-state index contributed by atoms with van der Waals surface area (Å²) >= 11 is 0. The SMILES string of the molecule is CC[C@H](C)NC(=O)c1cc(NC(=O)/C=C/c2ccccc2)ccc1N1CCN(c2ccccc2OC)CC1. The zero-order chi connectivity index (χ0) is 26.9. The van der Waals surface area contributed by atoms with E-state index in [0.29, 0.717) is 11.3 Å². The standard InChI is InChI=1S/C31H36N4O3/c1-4-23(2)32-31(37)26-22-25(33-30(36)17-14-24-10-6-5-7-11-24)15-16-27(26)34-18-20-35(21-19-34)28-12-8-9-13-29(28)38-3/h5-17,22-23H,4,18-21H2,1-3H3,(H,32,37)(H,33,36)/b17-14+/t23-/m0/s1. The number of para-hydroxylation sites is 2. The van der Waals surface area contributed by atoms with Gasteiger partial charge < -0.3 is 25.2 Å². The lowest BCUT2D eigenvalue weighted by molar-refractivity contribution is -0.111. The zero-order valence-electron chi connectivity index (χ0n) is 22.3. The lowest BCUT2D eigenvalue weighted by Gasteiger charge is -2.38. The predicted octanol–water partition coefficient (Wildman–Crippen LogP) is 5.20. The van der Waals surface area contributed by atoms with Gasteiger partial charge in [-0.3, -0.25) is 9.59 Å². The van der Waals surface area contributed by atoms with Gasteiger partial charge in [0, 0.05) is 49.7 Å². The van der Waals surface area contributed by atoms with Crippen LogP contribution in [0.5, 0.6) is 5.75 Å². The molecule has 1 saturated heterocycles. The molecule has 1 heterocycles. The van der Waals surface area contributed by atoms with Crippen molar-refractivity contribution in [2.75, 3.05) is 48.4 Å². The van der Waals surface area contributed by atoms with E-state index in [9.17, 15) is 9.59 Å². The van der Waals surface area contributed by atoms with E-state index in [0.717, 1.165) is 55.3 Å². The van der Waals surface area contributed by atoms with Crippen LogP contribution in [0.3, 0.4) is 0 Å². The van der Waals surface area contributed by atoms with Crippen LogP contribution in [-0.2, 0) is 4.79 Å². The summed E-state index contributed by atoms with van der Waals surface area (Å²) in [5.41, 5.74) is 4.02. The monoisotopic (exact) mass is 512 g/mol. The van der Waals surface area contributed by atoms with Crippen LogP contribution in [0.15, 0.2) is 78.9 Å². The van der Waals surface area contributed by atoms with Crippen molar-refractivity contribution >= 4 is 35.0 Å². The van der Waals surface area contributed by atoms with E-state index in [-0.39, 0.29) is 17.9 Å². The number of hydrogen-bond acceptors (Lipinski definition) is 5. The van der Waals surface area contributed by atoms with Crippen molar-refractivity contribution in [1.29, 1.82) is 0 Å². The molecule has 7 heteroatoms. The van der Waals surface area contributed by atoms with Gasteiger partial charge in [-0.05, 0) is 55.3 Å². The molecule has 2 N–H and O–H groups in total. The maximum absolute atomic E-state index is 13.3. The van der Waals surface area contributed by atoms with E-state index >= 15 is 0 Å². The Balaban J connectivity index is 1.51. The minimum absolute atomic E-state index is 0.0461. The largest absolute Gasteiger partial charge is 0.495 e. The Labute approximate surface area is 225 Å². The lowest BCUT2D eigenvalue weighted by Crippen LogP contribution is -2.47. The summed E-state index contributed by atoms with van der Waals surface area (Å²) in [4.78, 5) is 30.4. The van der Waals surface area contributed by atoms with Crippen molar-refractivity contribution in [2.24, 2.45) is 0 Å². The lowest BCUT2D eigenvalue weighted by atomic mass is 10.1. The molecule has 38 heavy (non-hydrogen) atoms. The van der Waals surface area contributed by atoms with Gasteiger partial charge in [-0.25, -0.2) is 0 Å². The first-order valence-corrected chi connectivity index (χ1v) is 13.1. The van der Waals surface area contributed by atoms with Gasteiger partial charge in [0.1, 0.15) is 5.75 Å². The second-order valence-electron chi connectivity index (χ2n) is 9.39. The summed E-state index contributed by atoms with van der Waals surface area (Å²) in [6.07, 6.45) is 4.10. The van der Waals surface area contributed by atoms with Gasteiger partial charge in [0.2, 0.25) is 5.91 Å². The summed E-state index contributed by atoms with van der Waals surface area (Å²) in [7, 11) is 1.69. The van der Waals surface area contributed by atoms with E-state index < -0.39 is 0 Å². The fourth-order valence-electron chi connectivity index (χ4n) is 4.47. The number of benzene rings is 3. The molecular weight excluding hydrogens is 476 g/mol. The molecule has 3 aromatic rings. The number of nitrogens with zero attached hydrogens (tertiary/aromatic N) is 2. The normalized spacial score (nSPS) is 14.3. The van der Waals surface area contributed by atoms with Crippen LogP contribution >= 0.6 is 0 Å². The van der Waals surface area contributed by atoms with Gasteiger partial charge in [-0.1, -0.05) is 49.4 Å². The first-order chi connectivity index (χ1) is 18.5. The Morgan fingerprint density at radius 2 is 1.58 bits per heavy atom. The van der Waals surface area contributed by atoms with Crippen LogP contribution in [0.25, 0.3) is 6.08 Å². The number of nitrogens with one attached hydrogen (secondary N) is 2. The van der Waals surface area contributed by atoms with E-state index in [1.54, 1.807) is 19.3 Å². The van der Waals surface area contributed by atoms with Gasteiger partial charge in [0.05, 0.1) is 18.4 Å². The Bertz CT molecular complexity index is 1270. The molecule has 1 atom stereocenters. The minimum Gasteiger partial charge on any atom is -0.495 e. The number of hydrogen-bond donors (Lipinski definition) is 2. The van der Waals surface area contributed by atoms with Crippen molar-refractivity contribution in [3.8, 4) is 5.75 Å². The highest BCUT2D eigenvalue weighted by Crippen LogP contribution is 2.31. The van der Waals surface area contributed by atoms with Crippen LogP contribution < -0.4 is 25.2 Å². The molecule has 1 aliphatic heterocycles. The predicted molar refractivity (Wildman–Crippen MR) is 155 cm³/mol. The first-order valence-electron chi connectivity index (χ1n) is 13.1. The molecule has 3 aromatic carbocycles. The summed E-state index contributed by atoms with van der Waals surface area (Å²) in [5, 5.41) is 5.98. The van der Waals surface area contributed by atoms with Gasteiger partial charge in [-0.2, -0.15) is 0 Å². The molecule has 7 nitrogen and oxygen atoms in total. The van der Waals surface area contributed by atoms with Crippen LogP contribution in [0.2, 0.25) is 0 Å². The smallest absolute Gasteiger partial charge is 0.253 e. The molecule has 0 radical (unpaired) electrons. The highest BCUT2D eigenvalue weighted by molar-refractivity contribution is 6.05. The number of amides is 2. The van der Waals surface area contributed by atoms with E-state index in [1.165, 1.54) is 6.08 Å². The maximum Gasteiger partial charge on any atom is 0.253 e. The molecule has 0 aromatic heterocycles. The number of methoxy groups -OCH3 is 1. The highest BCUT2D eigenvalue weighted by atomic mass is 16.5. The average molecular weight is 513 g/mol. The average Bonchev–Trinajstić information content (AvgIpc) is 2.96. The quantitative estimate of drug-likeness (QED) is 0.386. The Kier molecular flexibility index (Phi) is 9.03. The third-order valence-corrected chi connectivity index (χ3v) is 6.77. The number of rotatable bonds is 9. The summed E-state index contributed by atoms with van der Waals surface area (Å²) in [5.74, 6) is 0.466. The maximum atomic E-state index is 13.3. The molecule has 0 saturated carbocycles. The highest BCUT2D eigenvalue weighted by Gasteiger charge is 2.24. The van der Waals surface area contributed by atoms with Crippen LogP contribution in [-0.4, -0.2) is 51.1 Å². The number of carbonyl (C=O) groups is 2. The molecule has 4 rings (SSSR count). The summed E-state index contributed by atoms with van der Waals surface area (Å²) in [6, 6.07) is 23.3. The van der Waals surface area contributed by atoms with Gasteiger partial charge >= 0.3 is 0 Å². The molecule has 0 spiro atoms. The number of ether oxygens (including phenoxy) is 1.